The second-order valence-electron chi connectivity index (χ2n) is 8.48. The van der Waals surface area contributed by atoms with Crippen molar-refractivity contribution in [2.45, 2.75) is 59.2 Å². The van der Waals surface area contributed by atoms with Crippen LogP contribution in [0.3, 0.4) is 0 Å². The Bertz CT molecular complexity index is 931. The zero-order valence-electron chi connectivity index (χ0n) is 18.1. The van der Waals surface area contributed by atoms with Crippen LogP contribution < -0.4 is 0 Å². The third-order valence-electron chi connectivity index (χ3n) is 4.77. The number of hydrogen-bond acceptors (Lipinski definition) is 5. The number of fused-ring (bicyclic) bond motifs is 1. The number of aromatic nitrogens is 2. The van der Waals surface area contributed by atoms with E-state index in [1.54, 1.807) is 28.6 Å². The number of halogens is 1. The molecular formula is C22H28FN3O4. The van der Waals surface area contributed by atoms with E-state index >= 15 is 0 Å². The van der Waals surface area contributed by atoms with E-state index in [0.717, 1.165) is 11.3 Å². The van der Waals surface area contributed by atoms with E-state index in [0.29, 0.717) is 18.7 Å². The van der Waals surface area contributed by atoms with Gasteiger partial charge in [-0.3, -0.25) is 4.68 Å². The van der Waals surface area contributed by atoms with E-state index in [4.69, 9.17) is 9.47 Å². The van der Waals surface area contributed by atoms with Crippen molar-refractivity contribution in [3.63, 3.8) is 0 Å². The topological polar surface area (TPSA) is 73.7 Å². The highest BCUT2D eigenvalue weighted by Gasteiger charge is 2.36. The molecule has 0 fully saturated rings. The average Bonchev–Trinajstić information content (AvgIpc) is 3.01. The van der Waals surface area contributed by atoms with Gasteiger partial charge in [0.2, 0.25) is 0 Å². The Morgan fingerprint density at radius 3 is 2.50 bits per heavy atom. The van der Waals surface area contributed by atoms with Gasteiger partial charge in [0.15, 0.2) is 5.69 Å². The number of amides is 1. The fourth-order valence-electron chi connectivity index (χ4n) is 3.60. The first kappa shape index (κ1) is 21.8. The van der Waals surface area contributed by atoms with Crippen molar-refractivity contribution in [3.05, 3.63) is 52.6 Å². The summed E-state index contributed by atoms with van der Waals surface area (Å²) < 4.78 is 25.7. The van der Waals surface area contributed by atoms with E-state index in [1.165, 1.54) is 12.1 Å². The molecule has 1 aromatic heterocycles. The van der Waals surface area contributed by atoms with E-state index in [2.05, 4.69) is 5.10 Å². The number of benzene rings is 1. The largest absolute Gasteiger partial charge is 0.461 e. The minimum atomic E-state index is -0.614. The van der Waals surface area contributed by atoms with Crippen LogP contribution in [0, 0.1) is 5.82 Å². The molecule has 1 unspecified atom stereocenters. The molecule has 30 heavy (non-hydrogen) atoms. The number of esters is 1. The molecule has 8 heteroatoms. The van der Waals surface area contributed by atoms with Gasteiger partial charge >= 0.3 is 12.1 Å². The van der Waals surface area contributed by atoms with Crippen LogP contribution in [0.2, 0.25) is 0 Å². The number of carbonyl (C=O) groups excluding carboxylic acids is 2. The Labute approximate surface area is 175 Å². The van der Waals surface area contributed by atoms with Gasteiger partial charge in [0.05, 0.1) is 19.7 Å². The summed E-state index contributed by atoms with van der Waals surface area (Å²) in [5, 5.41) is 4.52. The molecule has 0 saturated carbocycles. The minimum absolute atomic E-state index is 0.0719. The lowest BCUT2D eigenvalue weighted by molar-refractivity contribution is 0.0203. The van der Waals surface area contributed by atoms with Crippen molar-refractivity contribution in [1.29, 1.82) is 0 Å². The first-order valence-corrected chi connectivity index (χ1v) is 10.1. The number of ether oxygens (including phenoxy) is 2. The van der Waals surface area contributed by atoms with Crippen molar-refractivity contribution >= 4 is 12.1 Å². The van der Waals surface area contributed by atoms with Gasteiger partial charge < -0.3 is 14.4 Å². The van der Waals surface area contributed by atoms with E-state index in [1.807, 2.05) is 27.7 Å². The molecule has 7 nitrogen and oxygen atoms in total. The first-order valence-electron chi connectivity index (χ1n) is 10.1. The fraction of sp³-hybridized carbons (Fsp3) is 0.500. The van der Waals surface area contributed by atoms with Crippen molar-refractivity contribution in [3.8, 4) is 0 Å². The molecule has 1 aromatic carbocycles. The second-order valence-corrected chi connectivity index (χ2v) is 8.48. The number of carbonyl (C=O) groups is 2. The molecule has 2 heterocycles. The Hall–Kier alpha value is -2.90. The lowest BCUT2D eigenvalue weighted by Crippen LogP contribution is -2.41. The van der Waals surface area contributed by atoms with E-state index in [9.17, 15) is 14.0 Å². The molecule has 0 N–H and O–H groups in total. The molecule has 0 bridgehead atoms. The summed E-state index contributed by atoms with van der Waals surface area (Å²) in [5.74, 6) is -0.905. The minimum Gasteiger partial charge on any atom is -0.461 e. The van der Waals surface area contributed by atoms with E-state index < -0.39 is 17.7 Å². The summed E-state index contributed by atoms with van der Waals surface area (Å²) in [4.78, 5) is 26.8. The number of hydrogen-bond donors (Lipinski definition) is 0. The van der Waals surface area contributed by atoms with E-state index in [-0.39, 0.29) is 30.6 Å². The average molecular weight is 417 g/mol. The van der Waals surface area contributed by atoms with Gasteiger partial charge in [-0.2, -0.15) is 5.10 Å². The standard InChI is InChI=1S/C22H28FN3O4/c1-6-29-20(27)18-17-13-25(21(28)30-22(3,4)5)11-14(2)19(17)26(24-18)12-15-7-9-16(23)10-8-15/h7-10,14H,6,11-13H2,1-5H3. The third kappa shape index (κ3) is 4.80. The molecule has 3 rings (SSSR count). The van der Waals surface area contributed by atoms with Crippen molar-refractivity contribution < 1.29 is 23.5 Å². The Balaban J connectivity index is 1.97. The monoisotopic (exact) mass is 417 g/mol. The highest BCUT2D eigenvalue weighted by molar-refractivity contribution is 5.89. The highest BCUT2D eigenvalue weighted by atomic mass is 19.1. The molecule has 0 spiro atoms. The SMILES string of the molecule is CCOC(=O)c1nn(Cc2ccc(F)cc2)c2c1CN(C(=O)OC(C)(C)C)CC2C. The Morgan fingerprint density at radius 2 is 1.90 bits per heavy atom. The molecule has 2 aromatic rings. The van der Waals surface area contributed by atoms with Gasteiger partial charge in [0, 0.05) is 23.7 Å². The Morgan fingerprint density at radius 1 is 1.23 bits per heavy atom. The molecule has 0 aliphatic carbocycles. The molecule has 1 aliphatic heterocycles. The summed E-state index contributed by atoms with van der Waals surface area (Å²) in [6.07, 6.45) is -0.430. The zero-order valence-corrected chi connectivity index (χ0v) is 18.1. The molecule has 1 atom stereocenters. The number of rotatable bonds is 4. The molecule has 0 saturated heterocycles. The summed E-state index contributed by atoms with van der Waals surface area (Å²) in [5.41, 5.74) is 1.99. The van der Waals surface area contributed by atoms with Crippen LogP contribution in [-0.2, 0) is 22.6 Å². The van der Waals surface area contributed by atoms with Crippen LogP contribution in [0.1, 0.15) is 67.8 Å². The van der Waals surface area contributed by atoms with Crippen LogP contribution in [0.5, 0.6) is 0 Å². The summed E-state index contributed by atoms with van der Waals surface area (Å²) in [7, 11) is 0. The third-order valence-corrected chi connectivity index (χ3v) is 4.77. The highest BCUT2D eigenvalue weighted by Crippen LogP contribution is 2.32. The van der Waals surface area contributed by atoms with Gasteiger partial charge in [-0.15, -0.1) is 0 Å². The van der Waals surface area contributed by atoms with Crippen LogP contribution >= 0.6 is 0 Å². The molecule has 0 radical (unpaired) electrons. The van der Waals surface area contributed by atoms with Gasteiger partial charge in [0.25, 0.3) is 0 Å². The molecule has 1 aliphatic rings. The van der Waals surface area contributed by atoms with Gasteiger partial charge in [-0.1, -0.05) is 19.1 Å². The van der Waals surface area contributed by atoms with Crippen molar-refractivity contribution in [1.82, 2.24) is 14.7 Å². The first-order chi connectivity index (χ1) is 14.1. The maximum atomic E-state index is 13.3. The van der Waals surface area contributed by atoms with Crippen molar-refractivity contribution in [2.24, 2.45) is 0 Å². The maximum Gasteiger partial charge on any atom is 0.410 e. The van der Waals surface area contributed by atoms with Crippen LogP contribution in [0.25, 0.3) is 0 Å². The quantitative estimate of drug-likeness (QED) is 0.700. The lowest BCUT2D eigenvalue weighted by atomic mass is 9.96. The zero-order chi connectivity index (χ0) is 22.1. The normalized spacial score (nSPS) is 16.2. The molecular weight excluding hydrogens is 389 g/mol. The summed E-state index contributed by atoms with van der Waals surface area (Å²) >= 11 is 0. The fourth-order valence-corrected chi connectivity index (χ4v) is 3.60. The predicted octanol–water partition coefficient (Wildman–Crippen LogP) is 4.10. The second kappa shape index (κ2) is 8.45. The number of nitrogens with zero attached hydrogens (tertiary/aromatic N) is 3. The summed E-state index contributed by atoms with van der Waals surface area (Å²) in [6, 6.07) is 6.16. The maximum absolute atomic E-state index is 13.3. The lowest BCUT2D eigenvalue weighted by Gasteiger charge is -2.33. The molecule has 162 valence electrons. The predicted molar refractivity (Wildman–Crippen MR) is 109 cm³/mol. The smallest absolute Gasteiger partial charge is 0.410 e. The van der Waals surface area contributed by atoms with Crippen LogP contribution in [0.4, 0.5) is 9.18 Å². The van der Waals surface area contributed by atoms with Gasteiger partial charge in [-0.25, -0.2) is 14.0 Å². The Kier molecular flexibility index (Phi) is 6.14. The van der Waals surface area contributed by atoms with Gasteiger partial charge in [0.1, 0.15) is 11.4 Å². The van der Waals surface area contributed by atoms with Gasteiger partial charge in [-0.05, 0) is 45.4 Å². The summed E-state index contributed by atoms with van der Waals surface area (Å²) in [6.45, 7) is 10.4. The van der Waals surface area contributed by atoms with Crippen LogP contribution in [-0.4, -0.2) is 45.5 Å². The molecule has 1 amide bonds. The van der Waals surface area contributed by atoms with Crippen molar-refractivity contribution in [2.75, 3.05) is 13.2 Å². The van der Waals surface area contributed by atoms with Crippen LogP contribution in [0.15, 0.2) is 24.3 Å².